The number of esters is 1. The quantitative estimate of drug-likeness (QED) is 0.279. The van der Waals surface area contributed by atoms with Crippen molar-refractivity contribution in [1.29, 1.82) is 5.26 Å². The lowest BCUT2D eigenvalue weighted by molar-refractivity contribution is -0.150. The molecule has 4 atom stereocenters. The molecule has 13 heteroatoms. The minimum Gasteiger partial charge on any atom is -0.463 e. The number of H-pyrrole nitrogens is 1. The molecule has 37 heavy (non-hydrogen) atoms. The fraction of sp³-hybridized carbons (Fsp3) is 0.708. The predicted molar refractivity (Wildman–Crippen MR) is 137 cm³/mol. The van der Waals surface area contributed by atoms with Gasteiger partial charge < -0.3 is 14.3 Å². The van der Waals surface area contributed by atoms with E-state index in [0.29, 0.717) is 5.56 Å². The molecule has 0 spiro atoms. The van der Waals surface area contributed by atoms with Crippen LogP contribution in [0.25, 0.3) is 0 Å². The van der Waals surface area contributed by atoms with Crippen LogP contribution in [0.3, 0.4) is 0 Å². The maximum absolute atomic E-state index is 12.5. The predicted octanol–water partition coefficient (Wildman–Crippen LogP) is 2.22. The minimum absolute atomic E-state index is 0.0517. The Balaban J connectivity index is 2.37. The number of nitriles is 1. The summed E-state index contributed by atoms with van der Waals surface area (Å²) >= 11 is 0. The Bertz CT molecular complexity index is 1100. The standard InChI is InChI=1S/C24H37N4O8P/c1-15(2)28(16(3)4)37(33,11-7-10-25)36-19-12-21(27-13-17(5)23(31)26-24(27)32)35-20(19)14-34-22(30)9-8-18(6)29/h13,15-16,19-21,33H,7-9,11-12,14H2,1-6H3/p+1/t19-,20+,21+,37?/m0/s1. The van der Waals surface area contributed by atoms with E-state index in [9.17, 15) is 29.3 Å². The highest BCUT2D eigenvalue weighted by Gasteiger charge is 2.54. The smallest absolute Gasteiger partial charge is 0.347 e. The molecule has 1 fully saturated rings. The molecule has 0 aromatic carbocycles. The fourth-order valence-electron chi connectivity index (χ4n) is 4.41. The van der Waals surface area contributed by atoms with Crippen LogP contribution in [0.5, 0.6) is 0 Å². The number of hydrogen-bond donors (Lipinski definition) is 2. The number of ether oxygens (including phenoxy) is 2. The van der Waals surface area contributed by atoms with Crippen molar-refractivity contribution < 1.29 is 28.5 Å². The van der Waals surface area contributed by atoms with Gasteiger partial charge >= 0.3 is 19.5 Å². The van der Waals surface area contributed by atoms with Gasteiger partial charge in [-0.3, -0.25) is 19.1 Å². The molecule has 1 unspecified atom stereocenters. The lowest BCUT2D eigenvalue weighted by atomic mass is 10.2. The summed E-state index contributed by atoms with van der Waals surface area (Å²) in [5, 5.41) is 9.22. The monoisotopic (exact) mass is 541 g/mol. The highest BCUT2D eigenvalue weighted by atomic mass is 31.2. The Morgan fingerprint density at radius 1 is 1.30 bits per heavy atom. The maximum Gasteiger partial charge on any atom is 0.347 e. The molecule has 2 heterocycles. The van der Waals surface area contributed by atoms with Gasteiger partial charge in [-0.1, -0.05) is 0 Å². The summed E-state index contributed by atoms with van der Waals surface area (Å²) in [4.78, 5) is 61.7. The SMILES string of the molecule is CC(=O)CCC(=O)OC[C@H]1O[C@@H](n2cc(C)c(=O)[nH]c2=O)C[C@@H]1O[P+](O)(CCC#N)N(C(C)C)C(C)C. The van der Waals surface area contributed by atoms with E-state index < -0.39 is 43.5 Å². The highest BCUT2D eigenvalue weighted by molar-refractivity contribution is 7.63. The molecule has 0 aliphatic carbocycles. The number of carbonyl (C=O) groups excluding carboxylic acids is 2. The number of aryl methyl sites for hydroxylation is 1. The third-order valence-corrected chi connectivity index (χ3v) is 9.02. The second kappa shape index (κ2) is 13.4. The molecule has 0 bridgehead atoms. The number of nitrogens with one attached hydrogen (secondary N) is 1. The first kappa shape index (κ1) is 30.8. The molecule has 0 saturated carbocycles. The average molecular weight is 542 g/mol. The maximum atomic E-state index is 12.5. The third kappa shape index (κ3) is 8.28. The number of Topliss-reactive ketones (excluding diaryl/α,β-unsaturated/α-hetero) is 1. The van der Waals surface area contributed by atoms with Gasteiger partial charge in [0.15, 0.2) is 0 Å². The highest BCUT2D eigenvalue weighted by Crippen LogP contribution is 2.63. The van der Waals surface area contributed by atoms with Gasteiger partial charge in [-0.15, -0.1) is 4.67 Å². The molecule has 1 aromatic heterocycles. The number of nitrogens with zero attached hydrogens (tertiary/aromatic N) is 3. The van der Waals surface area contributed by atoms with Crippen LogP contribution < -0.4 is 11.2 Å². The topological polar surface area (TPSA) is 164 Å². The molecule has 1 aliphatic rings. The summed E-state index contributed by atoms with van der Waals surface area (Å²) in [6.07, 6.45) is -0.842. The van der Waals surface area contributed by atoms with Gasteiger partial charge in [0.1, 0.15) is 37.0 Å². The van der Waals surface area contributed by atoms with Gasteiger partial charge in [-0.05, 0) is 41.5 Å². The van der Waals surface area contributed by atoms with Crippen LogP contribution in [0.2, 0.25) is 0 Å². The first-order chi connectivity index (χ1) is 17.3. The Morgan fingerprint density at radius 3 is 2.51 bits per heavy atom. The first-order valence-electron chi connectivity index (χ1n) is 12.4. The summed E-state index contributed by atoms with van der Waals surface area (Å²) < 4.78 is 20.8. The van der Waals surface area contributed by atoms with Crippen LogP contribution in [0.15, 0.2) is 15.8 Å². The Labute approximate surface area is 217 Å². The first-order valence-corrected chi connectivity index (χ1v) is 14.2. The van der Waals surface area contributed by atoms with Crippen molar-refractivity contribution >= 4 is 19.6 Å². The lowest BCUT2D eigenvalue weighted by Crippen LogP contribution is -2.41. The molecule has 2 N–H and O–H groups in total. The van der Waals surface area contributed by atoms with E-state index in [4.69, 9.17) is 14.0 Å². The van der Waals surface area contributed by atoms with Crippen molar-refractivity contribution in [2.75, 3.05) is 12.8 Å². The number of hydrogen-bond acceptors (Lipinski definition) is 10. The molecule has 1 aromatic rings. The Hall–Kier alpha value is -2.42. The molecule has 2 rings (SSSR count). The summed E-state index contributed by atoms with van der Waals surface area (Å²) in [5.74, 6) is -0.725. The second-order valence-corrected chi connectivity index (χ2v) is 12.2. The normalized spacial score (nSPS) is 21.3. The van der Waals surface area contributed by atoms with Gasteiger partial charge in [0, 0.05) is 36.7 Å². The number of carbonyl (C=O) groups is 2. The molecular weight excluding hydrogens is 503 g/mol. The largest absolute Gasteiger partial charge is 0.463 e. The van der Waals surface area contributed by atoms with Crippen LogP contribution >= 0.6 is 7.87 Å². The summed E-state index contributed by atoms with van der Waals surface area (Å²) in [5.41, 5.74) is -0.869. The van der Waals surface area contributed by atoms with Gasteiger partial charge in [-0.25, -0.2) is 9.69 Å². The van der Waals surface area contributed by atoms with Crippen molar-refractivity contribution in [3.63, 3.8) is 0 Å². The van der Waals surface area contributed by atoms with Crippen molar-refractivity contribution in [3.8, 4) is 6.07 Å². The van der Waals surface area contributed by atoms with Crippen LogP contribution in [0.4, 0.5) is 0 Å². The fourth-order valence-corrected chi connectivity index (χ4v) is 7.35. The summed E-state index contributed by atoms with van der Waals surface area (Å²) in [6, 6.07) is 1.87. The van der Waals surface area contributed by atoms with E-state index >= 15 is 0 Å². The third-order valence-electron chi connectivity index (χ3n) is 5.96. The minimum atomic E-state index is -3.31. The van der Waals surface area contributed by atoms with Crippen molar-refractivity contribution in [3.05, 3.63) is 32.6 Å². The molecule has 1 aliphatic heterocycles. The van der Waals surface area contributed by atoms with Crippen LogP contribution in [0, 0.1) is 18.3 Å². The number of rotatable bonds is 13. The van der Waals surface area contributed by atoms with E-state index in [1.54, 1.807) is 6.92 Å². The van der Waals surface area contributed by atoms with E-state index in [1.165, 1.54) is 17.7 Å². The average Bonchev–Trinajstić information content (AvgIpc) is 3.18. The van der Waals surface area contributed by atoms with Gasteiger partial charge in [0.2, 0.25) is 0 Å². The van der Waals surface area contributed by atoms with Crippen molar-refractivity contribution in [1.82, 2.24) is 14.2 Å². The number of aromatic amines is 1. The van der Waals surface area contributed by atoms with Crippen LogP contribution in [0.1, 0.15) is 72.1 Å². The number of ketones is 1. The molecule has 1 saturated heterocycles. The van der Waals surface area contributed by atoms with E-state index in [2.05, 4.69) is 11.1 Å². The van der Waals surface area contributed by atoms with E-state index in [1.807, 2.05) is 32.4 Å². The zero-order valence-electron chi connectivity index (χ0n) is 22.3. The Kier molecular flexibility index (Phi) is 11.2. The summed E-state index contributed by atoms with van der Waals surface area (Å²) in [7, 11) is -3.31. The number of aromatic nitrogens is 2. The lowest BCUT2D eigenvalue weighted by Gasteiger charge is -2.36. The molecule has 0 radical (unpaired) electrons. The van der Waals surface area contributed by atoms with Crippen molar-refractivity contribution in [2.24, 2.45) is 0 Å². The van der Waals surface area contributed by atoms with E-state index in [0.717, 1.165) is 0 Å². The van der Waals surface area contributed by atoms with Gasteiger partial charge in [0.05, 0.1) is 18.9 Å². The van der Waals surface area contributed by atoms with Crippen LogP contribution in [-0.2, 0) is 23.6 Å². The van der Waals surface area contributed by atoms with Crippen molar-refractivity contribution in [2.45, 2.75) is 97.7 Å². The molecule has 0 amide bonds. The second-order valence-electron chi connectivity index (χ2n) is 9.74. The van der Waals surface area contributed by atoms with Gasteiger partial charge in [0.25, 0.3) is 5.56 Å². The van der Waals surface area contributed by atoms with E-state index in [-0.39, 0.29) is 56.3 Å². The molecular formula is C24H38N4O8P+. The molecule has 12 nitrogen and oxygen atoms in total. The Morgan fingerprint density at radius 2 is 1.95 bits per heavy atom. The van der Waals surface area contributed by atoms with Gasteiger partial charge in [-0.2, -0.15) is 9.79 Å². The molecule has 206 valence electrons. The van der Waals surface area contributed by atoms with Crippen LogP contribution in [-0.4, -0.2) is 67.9 Å². The zero-order chi connectivity index (χ0) is 27.9. The summed E-state index contributed by atoms with van der Waals surface area (Å²) in [6.45, 7) is 10.4. The zero-order valence-corrected chi connectivity index (χ0v) is 23.2.